The van der Waals surface area contributed by atoms with Crippen molar-refractivity contribution in [1.82, 2.24) is 10.3 Å². The molecule has 0 saturated carbocycles. The molecule has 1 atom stereocenters. The van der Waals surface area contributed by atoms with Gasteiger partial charge in [-0.3, -0.25) is 4.79 Å². The number of carbonyl (C=O) groups excluding carboxylic acids is 1. The zero-order chi connectivity index (χ0) is 15.1. The molecule has 0 spiro atoms. The first-order valence-electron chi connectivity index (χ1n) is 6.83. The van der Waals surface area contributed by atoms with Crippen LogP contribution in [0.25, 0.3) is 0 Å². The van der Waals surface area contributed by atoms with Crippen LogP contribution in [0.3, 0.4) is 0 Å². The van der Waals surface area contributed by atoms with Crippen molar-refractivity contribution < 1.29 is 9.53 Å². The quantitative estimate of drug-likeness (QED) is 0.853. The van der Waals surface area contributed by atoms with E-state index in [1.165, 1.54) is 0 Å². The van der Waals surface area contributed by atoms with Gasteiger partial charge in [0.1, 0.15) is 5.75 Å². The molecule has 0 fully saturated rings. The lowest BCUT2D eigenvalue weighted by Crippen LogP contribution is -2.29. The van der Waals surface area contributed by atoms with E-state index in [1.54, 1.807) is 19.2 Å². The Kier molecular flexibility index (Phi) is 5.29. The summed E-state index contributed by atoms with van der Waals surface area (Å²) in [5, 5.41) is 2.80. The molecule has 1 heterocycles. The van der Waals surface area contributed by atoms with Crippen LogP contribution in [0, 0.1) is 0 Å². The summed E-state index contributed by atoms with van der Waals surface area (Å²) < 4.78 is 5.60. The average Bonchev–Trinajstić information content (AvgIpc) is 2.47. The van der Waals surface area contributed by atoms with Crippen LogP contribution < -0.4 is 15.8 Å². The second kappa shape index (κ2) is 7.40. The highest BCUT2D eigenvalue weighted by atomic mass is 16.5. The van der Waals surface area contributed by atoms with Gasteiger partial charge in [-0.15, -0.1) is 0 Å². The number of benzene rings is 1. The van der Waals surface area contributed by atoms with Gasteiger partial charge in [-0.2, -0.15) is 0 Å². The number of carbonyl (C=O) groups is 1. The van der Waals surface area contributed by atoms with Crippen molar-refractivity contribution in [2.24, 2.45) is 5.73 Å². The maximum atomic E-state index is 11.5. The summed E-state index contributed by atoms with van der Waals surface area (Å²) in [6, 6.07) is 13.0. The molecule has 5 nitrogen and oxygen atoms in total. The number of para-hydroxylation sites is 1. The summed E-state index contributed by atoms with van der Waals surface area (Å²) >= 11 is 0. The lowest BCUT2D eigenvalue weighted by molar-refractivity contribution is -0.121. The fourth-order valence-electron chi connectivity index (χ4n) is 1.75. The molecule has 1 aromatic heterocycles. The highest BCUT2D eigenvalue weighted by Crippen LogP contribution is 2.18. The van der Waals surface area contributed by atoms with Gasteiger partial charge in [0.2, 0.25) is 11.8 Å². The van der Waals surface area contributed by atoms with Gasteiger partial charge < -0.3 is 15.8 Å². The van der Waals surface area contributed by atoms with Gasteiger partial charge in [-0.1, -0.05) is 24.3 Å². The first-order chi connectivity index (χ1) is 10.1. The Hall–Kier alpha value is -2.40. The molecule has 0 aliphatic rings. The Balaban J connectivity index is 1.86. The van der Waals surface area contributed by atoms with Crippen LogP contribution in [0.5, 0.6) is 11.6 Å². The van der Waals surface area contributed by atoms with E-state index in [2.05, 4.69) is 10.3 Å². The zero-order valence-corrected chi connectivity index (χ0v) is 12.0. The molecule has 5 heteroatoms. The molecule has 2 rings (SSSR count). The molecule has 2 aromatic rings. The smallest absolute Gasteiger partial charge is 0.221 e. The van der Waals surface area contributed by atoms with Crippen LogP contribution in [-0.2, 0) is 11.3 Å². The molecule has 0 radical (unpaired) electrons. The SMILES string of the molecule is CC(N)CC(=O)NCc1ccc(Oc2ccccc2)nc1. The molecule has 110 valence electrons. The number of nitrogens with two attached hydrogens (primary N) is 1. The molecule has 1 amide bonds. The Morgan fingerprint density at radius 1 is 1.29 bits per heavy atom. The van der Waals surface area contributed by atoms with E-state index in [9.17, 15) is 4.79 Å². The average molecular weight is 285 g/mol. The number of amides is 1. The molecule has 0 bridgehead atoms. The van der Waals surface area contributed by atoms with Gasteiger partial charge in [0, 0.05) is 31.3 Å². The number of pyridine rings is 1. The van der Waals surface area contributed by atoms with Crippen LogP contribution in [-0.4, -0.2) is 16.9 Å². The lowest BCUT2D eigenvalue weighted by atomic mass is 10.2. The Labute approximate surface area is 124 Å². The van der Waals surface area contributed by atoms with Crippen molar-refractivity contribution in [3.63, 3.8) is 0 Å². The summed E-state index contributed by atoms with van der Waals surface area (Å²) in [6.07, 6.45) is 2.01. The molecule has 0 saturated heterocycles. The van der Waals surface area contributed by atoms with Crippen LogP contribution in [0.4, 0.5) is 0 Å². The highest BCUT2D eigenvalue weighted by Gasteiger charge is 2.05. The third kappa shape index (κ3) is 5.24. The van der Waals surface area contributed by atoms with Gasteiger partial charge in [-0.05, 0) is 24.6 Å². The zero-order valence-electron chi connectivity index (χ0n) is 12.0. The molecule has 21 heavy (non-hydrogen) atoms. The van der Waals surface area contributed by atoms with Crippen LogP contribution >= 0.6 is 0 Å². The topological polar surface area (TPSA) is 77.2 Å². The van der Waals surface area contributed by atoms with Crippen LogP contribution in [0.15, 0.2) is 48.7 Å². The van der Waals surface area contributed by atoms with E-state index in [1.807, 2.05) is 36.4 Å². The Morgan fingerprint density at radius 3 is 2.67 bits per heavy atom. The molecule has 1 aromatic carbocycles. The van der Waals surface area contributed by atoms with Crippen LogP contribution in [0.1, 0.15) is 18.9 Å². The summed E-state index contributed by atoms with van der Waals surface area (Å²) in [4.78, 5) is 15.7. The van der Waals surface area contributed by atoms with E-state index >= 15 is 0 Å². The molecule has 1 unspecified atom stereocenters. The van der Waals surface area contributed by atoms with E-state index in [0.717, 1.165) is 11.3 Å². The van der Waals surface area contributed by atoms with E-state index in [-0.39, 0.29) is 11.9 Å². The first-order valence-corrected chi connectivity index (χ1v) is 6.83. The summed E-state index contributed by atoms with van der Waals surface area (Å²) in [7, 11) is 0. The van der Waals surface area contributed by atoms with Crippen molar-refractivity contribution in [3.8, 4) is 11.6 Å². The number of aromatic nitrogens is 1. The molecule has 0 aliphatic carbocycles. The summed E-state index contributed by atoms with van der Waals surface area (Å²) in [5.74, 6) is 1.20. The van der Waals surface area contributed by atoms with E-state index < -0.39 is 0 Å². The molecular formula is C16H19N3O2. The van der Waals surface area contributed by atoms with Crippen molar-refractivity contribution >= 4 is 5.91 Å². The predicted octanol–water partition coefficient (Wildman–Crippen LogP) is 2.23. The fourth-order valence-corrected chi connectivity index (χ4v) is 1.75. The van der Waals surface area contributed by atoms with Gasteiger partial charge in [0.05, 0.1) is 0 Å². The minimum atomic E-state index is -0.134. The maximum absolute atomic E-state index is 11.5. The Morgan fingerprint density at radius 2 is 2.05 bits per heavy atom. The first kappa shape index (κ1) is 15.0. The maximum Gasteiger partial charge on any atom is 0.221 e. The largest absolute Gasteiger partial charge is 0.439 e. The van der Waals surface area contributed by atoms with Gasteiger partial charge in [-0.25, -0.2) is 4.98 Å². The van der Waals surface area contributed by atoms with E-state index in [4.69, 9.17) is 10.5 Å². The number of ether oxygens (including phenoxy) is 1. The molecule has 3 N–H and O–H groups in total. The van der Waals surface area contributed by atoms with Gasteiger partial charge in [0.25, 0.3) is 0 Å². The number of rotatable bonds is 6. The lowest BCUT2D eigenvalue weighted by Gasteiger charge is -2.08. The monoisotopic (exact) mass is 285 g/mol. The van der Waals surface area contributed by atoms with E-state index in [0.29, 0.717) is 18.8 Å². The number of hydrogen-bond donors (Lipinski definition) is 2. The van der Waals surface area contributed by atoms with Crippen molar-refractivity contribution in [3.05, 3.63) is 54.2 Å². The van der Waals surface area contributed by atoms with Gasteiger partial charge >= 0.3 is 0 Å². The third-order valence-electron chi connectivity index (χ3n) is 2.76. The second-order valence-corrected chi connectivity index (χ2v) is 4.88. The predicted molar refractivity (Wildman–Crippen MR) is 80.9 cm³/mol. The molecular weight excluding hydrogens is 266 g/mol. The second-order valence-electron chi connectivity index (χ2n) is 4.88. The fraction of sp³-hybridized carbons (Fsp3) is 0.250. The van der Waals surface area contributed by atoms with Crippen molar-refractivity contribution in [1.29, 1.82) is 0 Å². The minimum absolute atomic E-state index is 0.0605. The normalized spacial score (nSPS) is 11.7. The number of nitrogens with one attached hydrogen (secondary N) is 1. The minimum Gasteiger partial charge on any atom is -0.439 e. The van der Waals surface area contributed by atoms with Crippen LogP contribution in [0.2, 0.25) is 0 Å². The van der Waals surface area contributed by atoms with Crippen molar-refractivity contribution in [2.45, 2.75) is 25.9 Å². The van der Waals surface area contributed by atoms with Gasteiger partial charge in [0.15, 0.2) is 0 Å². The number of nitrogens with zero attached hydrogens (tertiary/aromatic N) is 1. The van der Waals surface area contributed by atoms with Crippen molar-refractivity contribution in [2.75, 3.05) is 0 Å². The third-order valence-corrected chi connectivity index (χ3v) is 2.76. The highest BCUT2D eigenvalue weighted by molar-refractivity contribution is 5.76. The standard InChI is InChI=1S/C16H19N3O2/c1-12(17)9-15(20)18-10-13-7-8-16(19-11-13)21-14-5-3-2-4-6-14/h2-8,11-12H,9-10,17H2,1H3,(H,18,20). The Bertz CT molecular complexity index is 568. The number of hydrogen-bond acceptors (Lipinski definition) is 4. The summed E-state index contributed by atoms with van der Waals surface area (Å²) in [6.45, 7) is 2.24. The summed E-state index contributed by atoms with van der Waals surface area (Å²) in [5.41, 5.74) is 6.48. The molecule has 0 aliphatic heterocycles.